The van der Waals surface area contributed by atoms with Crippen LogP contribution in [0.4, 0.5) is 0 Å². The number of rotatable bonds is 9. The van der Waals surface area contributed by atoms with E-state index >= 15 is 0 Å². The number of hydrogen-bond donors (Lipinski definition) is 1. The highest BCUT2D eigenvalue weighted by Crippen LogP contribution is 2.25. The third-order valence-corrected chi connectivity index (χ3v) is 6.36. The van der Waals surface area contributed by atoms with Crippen molar-refractivity contribution in [2.45, 2.75) is 57.6 Å². The first-order chi connectivity index (χ1) is 16.2. The zero-order chi connectivity index (χ0) is 22.9. The summed E-state index contributed by atoms with van der Waals surface area (Å²) in [5, 5.41) is 3.04. The lowest BCUT2D eigenvalue weighted by Crippen LogP contribution is -2.45. The molecule has 1 N–H and O–H groups in total. The molecule has 1 atom stereocenters. The van der Waals surface area contributed by atoms with Crippen LogP contribution in [0.5, 0.6) is 11.6 Å². The fourth-order valence-electron chi connectivity index (χ4n) is 4.50. The van der Waals surface area contributed by atoms with Gasteiger partial charge in [0.2, 0.25) is 17.7 Å². The number of nitrogens with zero attached hydrogens (tertiary/aromatic N) is 2. The topological polar surface area (TPSA) is 80.8 Å². The summed E-state index contributed by atoms with van der Waals surface area (Å²) in [7, 11) is 0. The van der Waals surface area contributed by atoms with Crippen LogP contribution >= 0.6 is 0 Å². The van der Waals surface area contributed by atoms with Crippen LogP contribution < -0.4 is 14.8 Å². The van der Waals surface area contributed by atoms with Crippen LogP contribution in [-0.2, 0) is 16.1 Å². The Hall–Kier alpha value is -3.09. The van der Waals surface area contributed by atoms with Crippen molar-refractivity contribution in [2.24, 2.45) is 5.92 Å². The summed E-state index contributed by atoms with van der Waals surface area (Å²) in [5.41, 5.74) is 0.888. The summed E-state index contributed by atoms with van der Waals surface area (Å²) < 4.78 is 11.7. The molecule has 1 saturated heterocycles. The average molecular weight is 452 g/mol. The highest BCUT2D eigenvalue weighted by Gasteiger charge is 2.28. The zero-order valence-electron chi connectivity index (χ0n) is 19.1. The normalized spacial score (nSPS) is 18.7. The molecule has 1 aliphatic carbocycles. The molecule has 2 amide bonds. The third kappa shape index (κ3) is 6.70. The second-order valence-electron chi connectivity index (χ2n) is 8.80. The van der Waals surface area contributed by atoms with Crippen molar-refractivity contribution in [3.05, 3.63) is 54.2 Å². The van der Waals surface area contributed by atoms with Crippen LogP contribution in [0.2, 0.25) is 0 Å². The number of benzene rings is 1. The number of ether oxygens (including phenoxy) is 2. The molecule has 2 aliphatic rings. The van der Waals surface area contributed by atoms with Gasteiger partial charge in [0, 0.05) is 31.4 Å². The van der Waals surface area contributed by atoms with E-state index in [1.54, 1.807) is 11.1 Å². The molecule has 0 spiro atoms. The van der Waals surface area contributed by atoms with Crippen LogP contribution in [0, 0.1) is 5.92 Å². The van der Waals surface area contributed by atoms with Gasteiger partial charge in [0.05, 0.1) is 18.9 Å². The minimum atomic E-state index is -0.200. The molecule has 7 heteroatoms. The molecule has 1 aromatic carbocycles. The van der Waals surface area contributed by atoms with Gasteiger partial charge in [0.15, 0.2) is 0 Å². The quantitative estimate of drug-likeness (QED) is 0.628. The number of aromatic nitrogens is 1. The molecule has 2 fully saturated rings. The first-order valence-corrected chi connectivity index (χ1v) is 12.0. The summed E-state index contributed by atoms with van der Waals surface area (Å²) in [6, 6.07) is 13.3. The van der Waals surface area contributed by atoms with Crippen LogP contribution in [0.15, 0.2) is 48.7 Å². The van der Waals surface area contributed by atoms with Gasteiger partial charge in [-0.05, 0) is 56.7 Å². The van der Waals surface area contributed by atoms with Crippen molar-refractivity contribution in [3.8, 4) is 11.6 Å². The van der Waals surface area contributed by atoms with Gasteiger partial charge < -0.3 is 19.7 Å². The van der Waals surface area contributed by atoms with Gasteiger partial charge >= 0.3 is 0 Å². The van der Waals surface area contributed by atoms with E-state index in [-0.39, 0.29) is 23.8 Å². The molecule has 2 heterocycles. The molecule has 2 aromatic rings. The standard InChI is InChI=1S/C26H33N3O4/c30-24(14-17-32-22-10-2-1-3-11-22)29-16-7-9-21(19-29)25(31)28-18-20-8-6-15-27-26(20)33-23-12-4-5-13-23/h1-3,6,8,10-11,15,21,23H,4-5,7,9,12-14,16-19H2,(H,28,31). The van der Waals surface area contributed by atoms with E-state index in [1.165, 1.54) is 12.8 Å². The monoisotopic (exact) mass is 451 g/mol. The van der Waals surface area contributed by atoms with Gasteiger partial charge in [-0.15, -0.1) is 0 Å². The number of carbonyl (C=O) groups excluding carboxylic acids is 2. The lowest BCUT2D eigenvalue weighted by Gasteiger charge is -2.32. The summed E-state index contributed by atoms with van der Waals surface area (Å²) in [5.74, 6) is 1.18. The number of nitrogens with one attached hydrogen (secondary N) is 1. The minimum Gasteiger partial charge on any atom is -0.493 e. The van der Waals surface area contributed by atoms with Crippen molar-refractivity contribution >= 4 is 11.8 Å². The van der Waals surface area contributed by atoms with Crippen LogP contribution in [0.1, 0.15) is 50.5 Å². The van der Waals surface area contributed by atoms with E-state index in [0.717, 1.165) is 37.0 Å². The Labute approximate surface area is 195 Å². The molecule has 1 unspecified atom stereocenters. The highest BCUT2D eigenvalue weighted by atomic mass is 16.5. The molecule has 1 aliphatic heterocycles. The predicted molar refractivity (Wildman–Crippen MR) is 125 cm³/mol. The molecule has 1 saturated carbocycles. The Morgan fingerprint density at radius 2 is 1.85 bits per heavy atom. The molecular weight excluding hydrogens is 418 g/mol. The summed E-state index contributed by atoms with van der Waals surface area (Å²) in [6.45, 7) is 1.86. The number of likely N-dealkylation sites (tertiary alicyclic amines) is 1. The summed E-state index contributed by atoms with van der Waals surface area (Å²) in [4.78, 5) is 31.7. The van der Waals surface area contributed by atoms with Gasteiger partial charge in [-0.3, -0.25) is 9.59 Å². The highest BCUT2D eigenvalue weighted by molar-refractivity contribution is 5.81. The number of piperidine rings is 1. The fourth-order valence-corrected chi connectivity index (χ4v) is 4.50. The van der Waals surface area contributed by atoms with E-state index in [1.807, 2.05) is 42.5 Å². The van der Waals surface area contributed by atoms with Crippen molar-refractivity contribution in [1.82, 2.24) is 15.2 Å². The Bertz CT molecular complexity index is 915. The Morgan fingerprint density at radius 1 is 1.03 bits per heavy atom. The first kappa shape index (κ1) is 23.1. The number of pyridine rings is 1. The van der Waals surface area contributed by atoms with E-state index < -0.39 is 0 Å². The molecule has 33 heavy (non-hydrogen) atoms. The maximum atomic E-state index is 12.9. The van der Waals surface area contributed by atoms with Gasteiger partial charge in [0.25, 0.3) is 0 Å². The number of para-hydroxylation sites is 1. The third-order valence-electron chi connectivity index (χ3n) is 6.36. The SMILES string of the molecule is O=C(NCc1cccnc1OC1CCCC1)C1CCCN(C(=O)CCOc2ccccc2)C1. The van der Waals surface area contributed by atoms with Gasteiger partial charge in [-0.2, -0.15) is 0 Å². The fraction of sp³-hybridized carbons (Fsp3) is 0.500. The molecule has 1 aromatic heterocycles. The van der Waals surface area contributed by atoms with E-state index in [0.29, 0.717) is 38.5 Å². The molecule has 4 rings (SSSR count). The lowest BCUT2D eigenvalue weighted by atomic mass is 9.96. The summed E-state index contributed by atoms with van der Waals surface area (Å²) in [6.07, 6.45) is 8.37. The molecule has 0 radical (unpaired) electrons. The Balaban J connectivity index is 1.24. The minimum absolute atomic E-state index is 0.0243. The van der Waals surface area contributed by atoms with Crippen molar-refractivity contribution in [1.29, 1.82) is 0 Å². The van der Waals surface area contributed by atoms with E-state index in [9.17, 15) is 9.59 Å². The second-order valence-corrected chi connectivity index (χ2v) is 8.80. The average Bonchev–Trinajstić information content (AvgIpc) is 3.37. The van der Waals surface area contributed by atoms with Crippen molar-refractivity contribution < 1.29 is 19.1 Å². The van der Waals surface area contributed by atoms with Gasteiger partial charge in [0.1, 0.15) is 11.9 Å². The number of hydrogen-bond acceptors (Lipinski definition) is 5. The van der Waals surface area contributed by atoms with Crippen LogP contribution in [-0.4, -0.2) is 47.5 Å². The maximum absolute atomic E-state index is 12.9. The molecular formula is C26H33N3O4. The van der Waals surface area contributed by atoms with Gasteiger partial charge in [-0.1, -0.05) is 24.3 Å². The summed E-state index contributed by atoms with van der Waals surface area (Å²) >= 11 is 0. The van der Waals surface area contributed by atoms with E-state index in [2.05, 4.69) is 10.3 Å². The molecule has 0 bridgehead atoms. The molecule has 7 nitrogen and oxygen atoms in total. The number of carbonyl (C=O) groups is 2. The lowest BCUT2D eigenvalue weighted by molar-refractivity contribution is -0.136. The number of amides is 2. The van der Waals surface area contributed by atoms with E-state index in [4.69, 9.17) is 9.47 Å². The zero-order valence-corrected chi connectivity index (χ0v) is 19.1. The van der Waals surface area contributed by atoms with Crippen LogP contribution in [0.3, 0.4) is 0 Å². The first-order valence-electron chi connectivity index (χ1n) is 12.0. The van der Waals surface area contributed by atoms with Gasteiger partial charge in [-0.25, -0.2) is 4.98 Å². The van der Waals surface area contributed by atoms with Crippen molar-refractivity contribution in [2.75, 3.05) is 19.7 Å². The Kier molecular flexibility index (Phi) is 8.17. The maximum Gasteiger partial charge on any atom is 0.226 e. The second kappa shape index (κ2) is 11.7. The van der Waals surface area contributed by atoms with Crippen molar-refractivity contribution in [3.63, 3.8) is 0 Å². The predicted octanol–water partition coefficient (Wildman–Crippen LogP) is 3.73. The molecule has 176 valence electrons. The largest absolute Gasteiger partial charge is 0.493 e. The smallest absolute Gasteiger partial charge is 0.226 e. The Morgan fingerprint density at radius 3 is 2.67 bits per heavy atom. The van der Waals surface area contributed by atoms with Crippen LogP contribution in [0.25, 0.3) is 0 Å².